The third-order valence-corrected chi connectivity index (χ3v) is 4.37. The summed E-state index contributed by atoms with van der Waals surface area (Å²) in [6, 6.07) is 0.643. The molecule has 3 unspecified atom stereocenters. The summed E-state index contributed by atoms with van der Waals surface area (Å²) < 4.78 is 0. The molecule has 2 heteroatoms. The molecule has 0 radical (unpaired) electrons. The van der Waals surface area contributed by atoms with Gasteiger partial charge in [0.2, 0.25) is 0 Å². The van der Waals surface area contributed by atoms with Crippen LogP contribution in [0.4, 0.5) is 0 Å². The van der Waals surface area contributed by atoms with Crippen molar-refractivity contribution >= 4 is 0 Å². The van der Waals surface area contributed by atoms with Crippen molar-refractivity contribution in [1.29, 1.82) is 0 Å². The predicted molar refractivity (Wildman–Crippen MR) is 71.7 cm³/mol. The number of nitrogens with zero attached hydrogens (tertiary/aromatic N) is 1. The zero-order valence-corrected chi connectivity index (χ0v) is 11.4. The third-order valence-electron chi connectivity index (χ3n) is 4.37. The van der Waals surface area contributed by atoms with Gasteiger partial charge in [0.05, 0.1) is 0 Å². The Morgan fingerprint density at radius 1 is 1.56 bits per heavy atom. The largest absolute Gasteiger partial charge is 0.311 e. The summed E-state index contributed by atoms with van der Waals surface area (Å²) in [5, 5.41) is 3.72. The molecule has 0 bridgehead atoms. The smallest absolute Gasteiger partial charge is 0.0307 e. The second-order valence-electron chi connectivity index (χ2n) is 5.42. The number of hydrogen-bond acceptors (Lipinski definition) is 2. The third kappa shape index (κ3) is 2.86. The quantitative estimate of drug-likeness (QED) is 0.722. The first-order valence-electron chi connectivity index (χ1n) is 6.66. The van der Waals surface area contributed by atoms with E-state index in [2.05, 4.69) is 44.5 Å². The molecule has 1 fully saturated rings. The van der Waals surface area contributed by atoms with Crippen LogP contribution < -0.4 is 5.32 Å². The van der Waals surface area contributed by atoms with Crippen molar-refractivity contribution in [3.63, 3.8) is 0 Å². The highest BCUT2D eigenvalue weighted by Crippen LogP contribution is 2.25. The molecule has 0 spiro atoms. The van der Waals surface area contributed by atoms with Gasteiger partial charge < -0.3 is 5.32 Å². The van der Waals surface area contributed by atoms with E-state index in [9.17, 15) is 0 Å². The minimum atomic E-state index is 0.304. The summed E-state index contributed by atoms with van der Waals surface area (Å²) in [6.45, 7) is 16.4. The van der Waals surface area contributed by atoms with Crippen LogP contribution >= 0.6 is 0 Å². The fraction of sp³-hybridized carbons (Fsp3) is 0.857. The Hall–Kier alpha value is -0.340. The number of hydrogen-bond donors (Lipinski definition) is 1. The number of nitrogens with one attached hydrogen (secondary N) is 1. The molecule has 0 amide bonds. The number of piperazine rings is 1. The van der Waals surface area contributed by atoms with E-state index in [1.54, 1.807) is 0 Å². The fourth-order valence-electron chi connectivity index (χ4n) is 2.45. The van der Waals surface area contributed by atoms with Gasteiger partial charge in [-0.25, -0.2) is 0 Å². The topological polar surface area (TPSA) is 15.3 Å². The summed E-state index contributed by atoms with van der Waals surface area (Å²) in [5.41, 5.74) is 0.304. The van der Waals surface area contributed by atoms with Gasteiger partial charge in [-0.15, -0.1) is 6.58 Å². The highest BCUT2D eigenvalue weighted by Gasteiger charge is 2.36. The van der Waals surface area contributed by atoms with Crippen LogP contribution in [0.1, 0.15) is 40.5 Å². The lowest BCUT2D eigenvalue weighted by atomic mass is 9.88. The summed E-state index contributed by atoms with van der Waals surface area (Å²) >= 11 is 0. The Kier molecular flexibility index (Phi) is 5.00. The SMILES string of the molecule is C=CCN1CC(C(C)CC)NCC1(C)CC. The van der Waals surface area contributed by atoms with Gasteiger partial charge in [-0.1, -0.05) is 33.3 Å². The Labute approximate surface area is 101 Å². The Morgan fingerprint density at radius 3 is 2.75 bits per heavy atom. The minimum Gasteiger partial charge on any atom is -0.311 e. The van der Waals surface area contributed by atoms with Crippen LogP contribution in [0.15, 0.2) is 12.7 Å². The van der Waals surface area contributed by atoms with Crippen LogP contribution in [0.5, 0.6) is 0 Å². The van der Waals surface area contributed by atoms with Gasteiger partial charge in [0.1, 0.15) is 0 Å². The zero-order chi connectivity index (χ0) is 12.2. The van der Waals surface area contributed by atoms with Gasteiger partial charge in [-0.05, 0) is 19.3 Å². The lowest BCUT2D eigenvalue weighted by molar-refractivity contribution is 0.0469. The van der Waals surface area contributed by atoms with E-state index in [-0.39, 0.29) is 0 Å². The lowest BCUT2D eigenvalue weighted by Gasteiger charge is -2.49. The molecule has 2 nitrogen and oxygen atoms in total. The molecule has 0 aromatic heterocycles. The van der Waals surface area contributed by atoms with E-state index in [1.807, 2.05) is 6.08 Å². The van der Waals surface area contributed by atoms with E-state index in [0.717, 1.165) is 25.6 Å². The highest BCUT2D eigenvalue weighted by atomic mass is 15.3. The summed E-state index contributed by atoms with van der Waals surface area (Å²) in [7, 11) is 0. The van der Waals surface area contributed by atoms with Crippen molar-refractivity contribution in [3.8, 4) is 0 Å². The zero-order valence-electron chi connectivity index (χ0n) is 11.4. The molecule has 0 saturated carbocycles. The van der Waals surface area contributed by atoms with Crippen LogP contribution in [0.2, 0.25) is 0 Å². The van der Waals surface area contributed by atoms with E-state index in [0.29, 0.717) is 11.6 Å². The first-order chi connectivity index (χ1) is 7.57. The van der Waals surface area contributed by atoms with Gasteiger partial charge in [0.25, 0.3) is 0 Å². The van der Waals surface area contributed by atoms with Crippen molar-refractivity contribution in [2.24, 2.45) is 5.92 Å². The molecule has 1 aliphatic rings. The predicted octanol–water partition coefficient (Wildman–Crippen LogP) is 2.66. The first-order valence-corrected chi connectivity index (χ1v) is 6.66. The Morgan fingerprint density at radius 2 is 2.25 bits per heavy atom. The van der Waals surface area contributed by atoms with Crippen LogP contribution in [-0.4, -0.2) is 36.1 Å². The Balaban J connectivity index is 2.68. The molecule has 3 atom stereocenters. The molecule has 0 aromatic rings. The van der Waals surface area contributed by atoms with E-state index in [4.69, 9.17) is 0 Å². The van der Waals surface area contributed by atoms with Crippen LogP contribution in [0, 0.1) is 5.92 Å². The number of rotatable bonds is 5. The second kappa shape index (κ2) is 5.83. The monoisotopic (exact) mass is 224 g/mol. The Bertz CT molecular complexity index is 227. The van der Waals surface area contributed by atoms with E-state index in [1.165, 1.54) is 12.8 Å². The molecule has 1 rings (SSSR count). The molecular weight excluding hydrogens is 196 g/mol. The van der Waals surface area contributed by atoms with Crippen molar-refractivity contribution in [1.82, 2.24) is 10.2 Å². The van der Waals surface area contributed by atoms with E-state index >= 15 is 0 Å². The van der Waals surface area contributed by atoms with Gasteiger partial charge in [0.15, 0.2) is 0 Å². The second-order valence-corrected chi connectivity index (χ2v) is 5.42. The van der Waals surface area contributed by atoms with Crippen molar-refractivity contribution < 1.29 is 0 Å². The summed E-state index contributed by atoms with van der Waals surface area (Å²) in [5.74, 6) is 0.758. The maximum Gasteiger partial charge on any atom is 0.0307 e. The highest BCUT2D eigenvalue weighted by molar-refractivity contribution is 4.98. The minimum absolute atomic E-state index is 0.304. The lowest BCUT2D eigenvalue weighted by Crippen LogP contribution is -2.64. The summed E-state index contributed by atoms with van der Waals surface area (Å²) in [4.78, 5) is 2.59. The summed E-state index contributed by atoms with van der Waals surface area (Å²) in [6.07, 6.45) is 4.48. The van der Waals surface area contributed by atoms with Gasteiger partial charge in [-0.2, -0.15) is 0 Å². The normalized spacial score (nSPS) is 33.6. The maximum absolute atomic E-state index is 3.88. The van der Waals surface area contributed by atoms with Gasteiger partial charge >= 0.3 is 0 Å². The molecule has 1 aliphatic heterocycles. The molecule has 94 valence electrons. The molecule has 0 aromatic carbocycles. The fourth-order valence-corrected chi connectivity index (χ4v) is 2.45. The molecule has 1 heterocycles. The molecule has 16 heavy (non-hydrogen) atoms. The molecule has 1 N–H and O–H groups in total. The van der Waals surface area contributed by atoms with Gasteiger partial charge in [-0.3, -0.25) is 4.90 Å². The average molecular weight is 224 g/mol. The maximum atomic E-state index is 3.88. The molecule has 0 aliphatic carbocycles. The van der Waals surface area contributed by atoms with Crippen LogP contribution in [-0.2, 0) is 0 Å². The molecule has 1 saturated heterocycles. The molecular formula is C14H28N2. The van der Waals surface area contributed by atoms with E-state index < -0.39 is 0 Å². The standard InChI is InChI=1S/C14H28N2/c1-6-9-16-10-13(12(4)7-2)15-11-14(16,5)8-3/h6,12-13,15H,1,7-11H2,2-5H3. The first kappa shape index (κ1) is 13.7. The average Bonchev–Trinajstić information content (AvgIpc) is 2.31. The van der Waals surface area contributed by atoms with Crippen molar-refractivity contribution in [2.75, 3.05) is 19.6 Å². The van der Waals surface area contributed by atoms with Crippen molar-refractivity contribution in [2.45, 2.75) is 52.1 Å². The van der Waals surface area contributed by atoms with Gasteiger partial charge in [0, 0.05) is 31.2 Å². The van der Waals surface area contributed by atoms with Crippen molar-refractivity contribution in [3.05, 3.63) is 12.7 Å². The van der Waals surface area contributed by atoms with Crippen LogP contribution in [0.3, 0.4) is 0 Å². The van der Waals surface area contributed by atoms with Crippen LogP contribution in [0.25, 0.3) is 0 Å².